The van der Waals surface area contributed by atoms with Crippen molar-refractivity contribution in [3.05, 3.63) is 65.2 Å². The van der Waals surface area contributed by atoms with Gasteiger partial charge in [-0.15, -0.1) is 10.2 Å². The summed E-state index contributed by atoms with van der Waals surface area (Å²) in [4.78, 5) is 1.64. The Morgan fingerprint density at radius 2 is 1.82 bits per heavy atom. The van der Waals surface area contributed by atoms with E-state index in [1.807, 2.05) is 6.07 Å². The fraction of sp³-hybridized carbons (Fsp3) is 0.278. The molecule has 0 fully saturated rings. The van der Waals surface area contributed by atoms with Crippen molar-refractivity contribution in [2.24, 2.45) is 0 Å². The van der Waals surface area contributed by atoms with Gasteiger partial charge in [-0.25, -0.2) is 0 Å². The Balaban J connectivity index is 1.78. The number of benzene rings is 2. The van der Waals surface area contributed by atoms with Crippen molar-refractivity contribution in [1.29, 1.82) is 0 Å². The van der Waals surface area contributed by atoms with Crippen LogP contribution in [0, 0.1) is 6.92 Å². The molecule has 1 aromatic heterocycles. The van der Waals surface area contributed by atoms with Gasteiger partial charge in [0.2, 0.25) is 5.82 Å². The zero-order chi connectivity index (χ0) is 15.5. The van der Waals surface area contributed by atoms with Crippen molar-refractivity contribution in [3.63, 3.8) is 0 Å². The second-order valence-corrected chi connectivity index (χ2v) is 5.91. The summed E-state index contributed by atoms with van der Waals surface area (Å²) in [6.45, 7) is 7.09. The normalized spacial score (nSPS) is 11.1. The molecule has 0 saturated heterocycles. The van der Waals surface area contributed by atoms with Gasteiger partial charge in [-0.2, -0.15) is 4.80 Å². The first-order chi connectivity index (χ1) is 10.6. The third-order valence-electron chi connectivity index (χ3n) is 3.69. The fourth-order valence-electron chi connectivity index (χ4n) is 2.42. The number of hydrogen-bond donors (Lipinski definition) is 0. The predicted molar refractivity (Wildman–Crippen MR) is 87.6 cm³/mol. The number of nitrogens with zero attached hydrogens (tertiary/aromatic N) is 4. The van der Waals surface area contributed by atoms with Crippen LogP contribution in [0.1, 0.15) is 36.5 Å². The summed E-state index contributed by atoms with van der Waals surface area (Å²) >= 11 is 0. The van der Waals surface area contributed by atoms with E-state index in [0.717, 1.165) is 5.56 Å². The van der Waals surface area contributed by atoms with E-state index in [2.05, 4.69) is 78.6 Å². The molecule has 0 bridgehead atoms. The van der Waals surface area contributed by atoms with E-state index in [9.17, 15) is 0 Å². The van der Waals surface area contributed by atoms with Gasteiger partial charge in [0.05, 0.1) is 6.54 Å². The van der Waals surface area contributed by atoms with Crippen LogP contribution in [0.4, 0.5) is 0 Å². The Kier molecular flexibility index (Phi) is 4.00. The van der Waals surface area contributed by atoms with E-state index in [1.54, 1.807) is 4.80 Å². The summed E-state index contributed by atoms with van der Waals surface area (Å²) in [6, 6.07) is 16.7. The molecule has 0 aliphatic rings. The van der Waals surface area contributed by atoms with Gasteiger partial charge in [0, 0.05) is 5.56 Å². The summed E-state index contributed by atoms with van der Waals surface area (Å²) in [5.74, 6) is 1.20. The molecule has 0 aliphatic heterocycles. The van der Waals surface area contributed by atoms with Gasteiger partial charge in [-0.05, 0) is 29.2 Å². The van der Waals surface area contributed by atoms with E-state index in [-0.39, 0.29) is 0 Å². The van der Waals surface area contributed by atoms with Crippen molar-refractivity contribution < 1.29 is 0 Å². The van der Waals surface area contributed by atoms with Gasteiger partial charge in [0.15, 0.2) is 0 Å². The maximum absolute atomic E-state index is 4.47. The molecule has 0 atom stereocenters. The van der Waals surface area contributed by atoms with Crippen molar-refractivity contribution >= 4 is 0 Å². The van der Waals surface area contributed by atoms with Crippen molar-refractivity contribution in [1.82, 2.24) is 20.2 Å². The van der Waals surface area contributed by atoms with Gasteiger partial charge in [-0.3, -0.25) is 0 Å². The second-order valence-electron chi connectivity index (χ2n) is 5.91. The Labute approximate surface area is 130 Å². The molecule has 0 aliphatic carbocycles. The SMILES string of the molecule is Cc1cccc(Cn2nnc(-c3ccc(C(C)C)cc3)n2)c1. The van der Waals surface area contributed by atoms with E-state index in [1.165, 1.54) is 16.7 Å². The molecule has 2 aromatic carbocycles. The van der Waals surface area contributed by atoms with Gasteiger partial charge in [0.1, 0.15) is 0 Å². The van der Waals surface area contributed by atoms with E-state index < -0.39 is 0 Å². The Morgan fingerprint density at radius 3 is 2.50 bits per heavy atom. The van der Waals surface area contributed by atoms with Crippen LogP contribution in [0.5, 0.6) is 0 Å². The minimum Gasteiger partial charge on any atom is -0.159 e. The lowest BCUT2D eigenvalue weighted by Crippen LogP contribution is -2.04. The predicted octanol–water partition coefficient (Wildman–Crippen LogP) is 3.82. The smallest absolute Gasteiger partial charge is 0.159 e. The first-order valence-electron chi connectivity index (χ1n) is 7.55. The summed E-state index contributed by atoms with van der Waals surface area (Å²) in [6.07, 6.45) is 0. The largest absolute Gasteiger partial charge is 0.204 e. The monoisotopic (exact) mass is 292 g/mol. The lowest BCUT2D eigenvalue weighted by molar-refractivity contribution is 0.572. The van der Waals surface area contributed by atoms with Gasteiger partial charge >= 0.3 is 0 Å². The first kappa shape index (κ1) is 14.4. The van der Waals surface area contributed by atoms with Crippen molar-refractivity contribution in [2.75, 3.05) is 0 Å². The molecule has 0 saturated carbocycles. The zero-order valence-corrected chi connectivity index (χ0v) is 13.2. The highest BCUT2D eigenvalue weighted by Gasteiger charge is 2.07. The second kappa shape index (κ2) is 6.10. The Bertz CT molecular complexity index is 757. The highest BCUT2D eigenvalue weighted by Crippen LogP contribution is 2.19. The zero-order valence-electron chi connectivity index (χ0n) is 13.2. The number of rotatable bonds is 4. The van der Waals surface area contributed by atoms with E-state index >= 15 is 0 Å². The van der Waals surface area contributed by atoms with Gasteiger partial charge in [0.25, 0.3) is 0 Å². The third kappa shape index (κ3) is 3.22. The molecule has 4 heteroatoms. The molecule has 112 valence electrons. The maximum Gasteiger partial charge on any atom is 0.204 e. The summed E-state index contributed by atoms with van der Waals surface area (Å²) in [7, 11) is 0. The number of tetrazole rings is 1. The van der Waals surface area contributed by atoms with Gasteiger partial charge < -0.3 is 0 Å². The highest BCUT2D eigenvalue weighted by atomic mass is 15.6. The van der Waals surface area contributed by atoms with Crippen molar-refractivity contribution in [2.45, 2.75) is 33.2 Å². The Hall–Kier alpha value is -2.49. The topological polar surface area (TPSA) is 43.6 Å². The van der Waals surface area contributed by atoms with E-state index in [0.29, 0.717) is 18.3 Å². The van der Waals surface area contributed by atoms with Crippen LogP contribution in [0.25, 0.3) is 11.4 Å². The summed E-state index contributed by atoms with van der Waals surface area (Å²) < 4.78 is 0. The molecule has 0 spiro atoms. The minimum atomic E-state index is 0.527. The number of aromatic nitrogens is 4. The maximum atomic E-state index is 4.47. The molecular weight excluding hydrogens is 272 g/mol. The minimum absolute atomic E-state index is 0.527. The third-order valence-corrected chi connectivity index (χ3v) is 3.69. The molecular formula is C18H20N4. The average molecular weight is 292 g/mol. The van der Waals surface area contributed by atoms with Crippen LogP contribution >= 0.6 is 0 Å². The Morgan fingerprint density at radius 1 is 1.05 bits per heavy atom. The van der Waals surface area contributed by atoms with E-state index in [4.69, 9.17) is 0 Å². The molecule has 3 aromatic rings. The molecule has 1 heterocycles. The lowest BCUT2D eigenvalue weighted by atomic mass is 10.0. The first-order valence-corrected chi connectivity index (χ1v) is 7.55. The molecule has 0 radical (unpaired) electrons. The molecule has 3 rings (SSSR count). The van der Waals surface area contributed by atoms with Crippen LogP contribution in [0.3, 0.4) is 0 Å². The molecule has 22 heavy (non-hydrogen) atoms. The summed E-state index contributed by atoms with van der Waals surface area (Å²) in [5, 5.41) is 12.8. The molecule has 0 amide bonds. The van der Waals surface area contributed by atoms with Gasteiger partial charge in [-0.1, -0.05) is 67.9 Å². The quantitative estimate of drug-likeness (QED) is 0.734. The van der Waals surface area contributed by atoms with Crippen LogP contribution < -0.4 is 0 Å². The molecule has 0 unspecified atom stereocenters. The fourth-order valence-corrected chi connectivity index (χ4v) is 2.42. The van der Waals surface area contributed by atoms with Crippen LogP contribution in [0.2, 0.25) is 0 Å². The number of hydrogen-bond acceptors (Lipinski definition) is 3. The lowest BCUT2D eigenvalue weighted by Gasteiger charge is -2.04. The number of aryl methyl sites for hydroxylation is 1. The van der Waals surface area contributed by atoms with Crippen LogP contribution in [-0.4, -0.2) is 20.2 Å². The van der Waals surface area contributed by atoms with Crippen LogP contribution in [-0.2, 0) is 6.54 Å². The summed E-state index contributed by atoms with van der Waals surface area (Å²) in [5.41, 5.74) is 4.73. The molecule has 0 N–H and O–H groups in total. The molecule has 4 nitrogen and oxygen atoms in total. The highest BCUT2D eigenvalue weighted by molar-refractivity contribution is 5.54. The standard InChI is InChI=1S/C18H20N4/c1-13(2)16-7-9-17(10-8-16)18-19-21-22(20-18)12-15-6-4-5-14(3)11-15/h4-11,13H,12H2,1-3H3. The van der Waals surface area contributed by atoms with Crippen LogP contribution in [0.15, 0.2) is 48.5 Å². The average Bonchev–Trinajstić information content (AvgIpc) is 2.96. The van der Waals surface area contributed by atoms with Crippen molar-refractivity contribution in [3.8, 4) is 11.4 Å².